The van der Waals surface area contributed by atoms with Gasteiger partial charge in [-0.15, -0.1) is 0 Å². The Kier molecular flexibility index (Phi) is 6.86. The Balaban J connectivity index is 1.80. The molecule has 0 spiro atoms. The Hall–Kier alpha value is -0.910. The molecule has 1 aromatic rings. The molecule has 2 rings (SSSR count). The van der Waals surface area contributed by atoms with Crippen LogP contribution in [0.15, 0.2) is 28.7 Å². The number of piperidine rings is 1. The van der Waals surface area contributed by atoms with Gasteiger partial charge in [0.25, 0.3) is 0 Å². The number of amides is 1. The summed E-state index contributed by atoms with van der Waals surface area (Å²) in [4.78, 5) is 14.7. The predicted molar refractivity (Wildman–Crippen MR) is 95.1 cm³/mol. The summed E-state index contributed by atoms with van der Waals surface area (Å²) < 4.78 is 1.02. The molecule has 0 aromatic heterocycles. The van der Waals surface area contributed by atoms with Gasteiger partial charge in [0.15, 0.2) is 0 Å². The third kappa shape index (κ3) is 5.07. The fourth-order valence-electron chi connectivity index (χ4n) is 2.92. The van der Waals surface area contributed by atoms with Gasteiger partial charge in [-0.1, -0.05) is 15.9 Å². The summed E-state index contributed by atoms with van der Waals surface area (Å²) >= 11 is 3.40. The fourth-order valence-corrected chi connectivity index (χ4v) is 3.19. The van der Waals surface area contributed by atoms with Crippen molar-refractivity contribution in [1.29, 1.82) is 0 Å². The number of anilines is 1. The van der Waals surface area contributed by atoms with E-state index < -0.39 is 0 Å². The zero-order valence-corrected chi connectivity index (χ0v) is 15.0. The van der Waals surface area contributed by atoms with Gasteiger partial charge in [-0.2, -0.15) is 0 Å². The second-order valence-corrected chi connectivity index (χ2v) is 6.96. The lowest BCUT2D eigenvalue weighted by Crippen LogP contribution is -2.46. The summed E-state index contributed by atoms with van der Waals surface area (Å²) in [6, 6.07) is 7.63. The molecule has 0 saturated carbocycles. The number of nitrogens with zero attached hydrogens (tertiary/aromatic N) is 1. The van der Waals surface area contributed by atoms with Gasteiger partial charge < -0.3 is 10.6 Å². The summed E-state index contributed by atoms with van der Waals surface area (Å²) in [5.74, 6) is 0.876. The van der Waals surface area contributed by atoms with Crippen LogP contribution in [-0.2, 0) is 4.79 Å². The molecule has 1 atom stereocenters. The summed E-state index contributed by atoms with van der Waals surface area (Å²) in [7, 11) is 2.00. The van der Waals surface area contributed by atoms with Crippen molar-refractivity contribution in [1.82, 2.24) is 10.2 Å². The van der Waals surface area contributed by atoms with Crippen molar-refractivity contribution < 1.29 is 4.79 Å². The molecule has 4 nitrogen and oxygen atoms in total. The zero-order valence-electron chi connectivity index (χ0n) is 13.4. The third-order valence-electron chi connectivity index (χ3n) is 4.49. The van der Waals surface area contributed by atoms with Crippen LogP contribution in [0.1, 0.15) is 26.2 Å². The lowest BCUT2D eigenvalue weighted by atomic mass is 9.93. The van der Waals surface area contributed by atoms with E-state index in [1.165, 1.54) is 19.3 Å². The van der Waals surface area contributed by atoms with Crippen molar-refractivity contribution in [2.75, 3.05) is 32.0 Å². The molecule has 0 aliphatic carbocycles. The minimum absolute atomic E-state index is 0.0751. The number of carbonyl (C=O) groups excluding carboxylic acids is 1. The summed E-state index contributed by atoms with van der Waals surface area (Å²) in [5, 5.41) is 6.22. The normalized spacial score (nSPS) is 18.1. The van der Waals surface area contributed by atoms with Crippen LogP contribution in [-0.4, -0.2) is 43.5 Å². The van der Waals surface area contributed by atoms with Crippen molar-refractivity contribution in [3.05, 3.63) is 28.7 Å². The van der Waals surface area contributed by atoms with E-state index in [2.05, 4.69) is 31.5 Å². The summed E-state index contributed by atoms with van der Waals surface area (Å²) in [6.45, 7) is 5.12. The number of benzene rings is 1. The Morgan fingerprint density at radius 2 is 1.95 bits per heavy atom. The Morgan fingerprint density at radius 3 is 2.55 bits per heavy atom. The summed E-state index contributed by atoms with van der Waals surface area (Å²) in [6.07, 6.45) is 3.62. The van der Waals surface area contributed by atoms with E-state index in [4.69, 9.17) is 0 Å². The molecule has 1 fully saturated rings. The topological polar surface area (TPSA) is 44.4 Å². The van der Waals surface area contributed by atoms with Crippen LogP contribution in [0.4, 0.5) is 5.69 Å². The SMILES string of the molecule is CNCCC1CCN(C(C)C(=O)Nc2ccc(Br)cc2)CC1. The van der Waals surface area contributed by atoms with E-state index in [1.54, 1.807) is 0 Å². The average molecular weight is 368 g/mol. The van der Waals surface area contributed by atoms with Gasteiger partial charge in [-0.25, -0.2) is 0 Å². The molecular formula is C17H26BrN3O. The van der Waals surface area contributed by atoms with Crippen molar-refractivity contribution in [2.45, 2.75) is 32.2 Å². The number of hydrogen-bond acceptors (Lipinski definition) is 3. The van der Waals surface area contributed by atoms with Crippen LogP contribution in [0.5, 0.6) is 0 Å². The van der Waals surface area contributed by atoms with Crippen LogP contribution >= 0.6 is 15.9 Å². The lowest BCUT2D eigenvalue weighted by Gasteiger charge is -2.35. The number of likely N-dealkylation sites (tertiary alicyclic amines) is 1. The first kappa shape index (κ1) is 17.4. The maximum Gasteiger partial charge on any atom is 0.241 e. The Labute approximate surface area is 141 Å². The van der Waals surface area contributed by atoms with Gasteiger partial charge in [0.1, 0.15) is 0 Å². The highest BCUT2D eigenvalue weighted by molar-refractivity contribution is 9.10. The first-order valence-corrected chi connectivity index (χ1v) is 8.84. The molecule has 0 radical (unpaired) electrons. The van der Waals surface area contributed by atoms with E-state index in [0.717, 1.165) is 35.7 Å². The number of nitrogens with one attached hydrogen (secondary N) is 2. The third-order valence-corrected chi connectivity index (χ3v) is 5.02. The van der Waals surface area contributed by atoms with E-state index in [-0.39, 0.29) is 11.9 Å². The highest BCUT2D eigenvalue weighted by atomic mass is 79.9. The minimum atomic E-state index is -0.0751. The number of halogens is 1. The monoisotopic (exact) mass is 367 g/mol. The van der Waals surface area contributed by atoms with E-state index >= 15 is 0 Å². The van der Waals surface area contributed by atoms with Crippen molar-refractivity contribution in [3.63, 3.8) is 0 Å². The molecule has 1 aliphatic rings. The van der Waals surface area contributed by atoms with Gasteiger partial charge >= 0.3 is 0 Å². The zero-order chi connectivity index (χ0) is 15.9. The second-order valence-electron chi connectivity index (χ2n) is 6.04. The Morgan fingerprint density at radius 1 is 1.32 bits per heavy atom. The highest BCUT2D eigenvalue weighted by Gasteiger charge is 2.26. The molecule has 122 valence electrons. The lowest BCUT2D eigenvalue weighted by molar-refractivity contribution is -0.121. The number of rotatable bonds is 6. The van der Waals surface area contributed by atoms with Gasteiger partial charge in [-0.3, -0.25) is 9.69 Å². The largest absolute Gasteiger partial charge is 0.325 e. The molecule has 0 bridgehead atoms. The standard InChI is InChI=1S/C17H26BrN3O/c1-13(17(22)20-16-5-3-15(18)4-6-16)21-11-8-14(9-12-21)7-10-19-2/h3-6,13-14,19H,7-12H2,1-2H3,(H,20,22). The molecule has 5 heteroatoms. The highest BCUT2D eigenvalue weighted by Crippen LogP contribution is 2.22. The molecule has 1 unspecified atom stereocenters. The maximum absolute atomic E-state index is 12.4. The molecule has 1 heterocycles. The van der Waals surface area contributed by atoms with Crippen molar-refractivity contribution in [2.24, 2.45) is 5.92 Å². The molecule has 1 saturated heterocycles. The van der Waals surface area contributed by atoms with E-state index in [0.29, 0.717) is 0 Å². The van der Waals surface area contributed by atoms with Gasteiger partial charge in [0.05, 0.1) is 6.04 Å². The first-order chi connectivity index (χ1) is 10.6. The van der Waals surface area contributed by atoms with E-state index in [1.807, 2.05) is 38.2 Å². The maximum atomic E-state index is 12.4. The molecule has 1 amide bonds. The molecular weight excluding hydrogens is 342 g/mol. The van der Waals surface area contributed by atoms with Crippen LogP contribution in [0.25, 0.3) is 0 Å². The van der Waals surface area contributed by atoms with Crippen molar-refractivity contribution in [3.8, 4) is 0 Å². The number of hydrogen-bond donors (Lipinski definition) is 2. The van der Waals surface area contributed by atoms with Gasteiger partial charge in [-0.05, 0) is 83.1 Å². The summed E-state index contributed by atoms with van der Waals surface area (Å²) in [5.41, 5.74) is 0.851. The fraction of sp³-hybridized carbons (Fsp3) is 0.588. The average Bonchev–Trinajstić information content (AvgIpc) is 2.55. The molecule has 1 aromatic carbocycles. The molecule has 2 N–H and O–H groups in total. The molecule has 22 heavy (non-hydrogen) atoms. The van der Waals surface area contributed by atoms with Gasteiger partial charge in [0, 0.05) is 10.2 Å². The quantitative estimate of drug-likeness (QED) is 0.811. The second kappa shape index (κ2) is 8.65. The minimum Gasteiger partial charge on any atom is -0.325 e. The van der Waals surface area contributed by atoms with Crippen LogP contribution in [0.2, 0.25) is 0 Å². The van der Waals surface area contributed by atoms with Crippen molar-refractivity contribution >= 4 is 27.5 Å². The molecule has 1 aliphatic heterocycles. The van der Waals surface area contributed by atoms with Gasteiger partial charge in [0.2, 0.25) is 5.91 Å². The Bertz CT molecular complexity index is 469. The smallest absolute Gasteiger partial charge is 0.241 e. The van der Waals surface area contributed by atoms with Crippen LogP contribution in [0, 0.1) is 5.92 Å². The first-order valence-electron chi connectivity index (χ1n) is 8.05. The van der Waals surface area contributed by atoms with Crippen LogP contribution in [0.3, 0.4) is 0 Å². The van der Waals surface area contributed by atoms with Crippen LogP contribution < -0.4 is 10.6 Å². The van der Waals surface area contributed by atoms with E-state index in [9.17, 15) is 4.79 Å². The predicted octanol–water partition coefficient (Wildman–Crippen LogP) is 3.10. The number of carbonyl (C=O) groups is 1.